The Morgan fingerprint density at radius 1 is 0.316 bits per heavy atom. The van der Waals surface area contributed by atoms with Crippen molar-refractivity contribution in [3.05, 3.63) is 164 Å². The van der Waals surface area contributed by atoms with Crippen LogP contribution in [0, 0.1) is 0 Å². The lowest BCUT2D eigenvalue weighted by atomic mass is 10.0. The van der Waals surface area contributed by atoms with E-state index in [4.69, 9.17) is 0 Å². The highest BCUT2D eigenvalue weighted by Crippen LogP contribution is 2.38. The van der Waals surface area contributed by atoms with E-state index in [1.54, 1.807) is 0 Å². The van der Waals surface area contributed by atoms with E-state index in [-0.39, 0.29) is 0 Å². The fourth-order valence-corrected chi connectivity index (χ4v) is 4.73. The molecular formula is C36H28N2. The Bertz CT molecular complexity index is 1510. The Kier molecular flexibility index (Phi) is 6.69. The Hall–Kier alpha value is -5.08. The van der Waals surface area contributed by atoms with Gasteiger partial charge in [0.1, 0.15) is 0 Å². The van der Waals surface area contributed by atoms with Gasteiger partial charge in [-0.2, -0.15) is 0 Å². The second-order valence-electron chi connectivity index (χ2n) is 9.20. The number of nitrogens with one attached hydrogen (secondary N) is 1. The van der Waals surface area contributed by atoms with Gasteiger partial charge in [-0.15, -0.1) is 0 Å². The lowest BCUT2D eigenvalue weighted by Crippen LogP contribution is -2.10. The molecule has 182 valence electrons. The zero-order valence-corrected chi connectivity index (χ0v) is 21.0. The number of nitrogens with zero attached hydrogens (tertiary/aromatic N) is 1. The molecule has 0 spiro atoms. The second kappa shape index (κ2) is 10.9. The molecule has 1 N–H and O–H groups in total. The van der Waals surface area contributed by atoms with Crippen molar-refractivity contribution in [2.24, 2.45) is 0 Å². The van der Waals surface area contributed by atoms with E-state index in [2.05, 4.69) is 156 Å². The first-order valence-corrected chi connectivity index (χ1v) is 12.9. The standard InChI is InChI=1S/C36H28N2/c1-4-11-28(12-5-1)30-19-23-34(24-20-30)38(35-25-21-31(22-26-35)29-13-6-2-7-14-29)36-18-10-17-33(27-36)37-32-15-8-3-9-16-32/h1-27,37H. The fourth-order valence-electron chi connectivity index (χ4n) is 4.73. The van der Waals surface area contributed by atoms with Gasteiger partial charge in [0.05, 0.1) is 0 Å². The maximum atomic E-state index is 3.54. The molecule has 0 aliphatic heterocycles. The van der Waals surface area contributed by atoms with Crippen molar-refractivity contribution in [1.29, 1.82) is 0 Å². The van der Waals surface area contributed by atoms with Gasteiger partial charge in [-0.25, -0.2) is 0 Å². The summed E-state index contributed by atoms with van der Waals surface area (Å²) in [6.07, 6.45) is 0. The molecule has 2 nitrogen and oxygen atoms in total. The van der Waals surface area contributed by atoms with Gasteiger partial charge in [0.15, 0.2) is 0 Å². The van der Waals surface area contributed by atoms with Crippen molar-refractivity contribution in [3.8, 4) is 22.3 Å². The number of para-hydroxylation sites is 1. The number of hydrogen-bond acceptors (Lipinski definition) is 2. The van der Waals surface area contributed by atoms with Crippen LogP contribution in [0.25, 0.3) is 22.3 Å². The Morgan fingerprint density at radius 2 is 0.737 bits per heavy atom. The molecular weight excluding hydrogens is 460 g/mol. The molecule has 0 bridgehead atoms. The number of anilines is 5. The summed E-state index contributed by atoms with van der Waals surface area (Å²) in [6, 6.07) is 57.4. The summed E-state index contributed by atoms with van der Waals surface area (Å²) in [5.74, 6) is 0. The third-order valence-corrected chi connectivity index (χ3v) is 6.63. The van der Waals surface area contributed by atoms with Crippen molar-refractivity contribution in [3.63, 3.8) is 0 Å². The van der Waals surface area contributed by atoms with E-state index >= 15 is 0 Å². The first-order chi connectivity index (χ1) is 18.8. The summed E-state index contributed by atoms with van der Waals surface area (Å²) in [4.78, 5) is 2.31. The van der Waals surface area contributed by atoms with Crippen LogP contribution in [0.3, 0.4) is 0 Å². The molecule has 6 aromatic carbocycles. The molecule has 6 rings (SSSR count). The lowest BCUT2D eigenvalue weighted by molar-refractivity contribution is 1.28. The summed E-state index contributed by atoms with van der Waals surface area (Å²) >= 11 is 0. The number of rotatable bonds is 7. The maximum Gasteiger partial charge on any atom is 0.0482 e. The molecule has 0 fully saturated rings. The van der Waals surface area contributed by atoms with Crippen LogP contribution >= 0.6 is 0 Å². The fraction of sp³-hybridized carbons (Fsp3) is 0. The maximum absolute atomic E-state index is 3.54. The first-order valence-electron chi connectivity index (χ1n) is 12.9. The molecule has 0 heterocycles. The summed E-state index contributed by atoms with van der Waals surface area (Å²) in [6.45, 7) is 0. The summed E-state index contributed by atoms with van der Waals surface area (Å²) in [5, 5.41) is 3.54. The van der Waals surface area contributed by atoms with Crippen molar-refractivity contribution in [2.45, 2.75) is 0 Å². The molecule has 0 aliphatic rings. The third kappa shape index (κ3) is 5.21. The average molecular weight is 489 g/mol. The predicted octanol–water partition coefficient (Wildman–Crippen LogP) is 10.2. The van der Waals surface area contributed by atoms with Gasteiger partial charge in [0.25, 0.3) is 0 Å². The van der Waals surface area contributed by atoms with E-state index in [1.807, 2.05) is 18.2 Å². The topological polar surface area (TPSA) is 15.3 Å². The molecule has 0 saturated heterocycles. The van der Waals surface area contributed by atoms with Crippen molar-refractivity contribution in [1.82, 2.24) is 0 Å². The van der Waals surface area contributed by atoms with E-state index in [1.165, 1.54) is 22.3 Å². The van der Waals surface area contributed by atoms with Crippen LogP contribution in [-0.2, 0) is 0 Å². The average Bonchev–Trinajstić information content (AvgIpc) is 3.00. The van der Waals surface area contributed by atoms with Gasteiger partial charge in [0, 0.05) is 28.4 Å². The van der Waals surface area contributed by atoms with Gasteiger partial charge in [0.2, 0.25) is 0 Å². The van der Waals surface area contributed by atoms with Gasteiger partial charge in [-0.05, 0) is 76.9 Å². The largest absolute Gasteiger partial charge is 0.355 e. The quantitative estimate of drug-likeness (QED) is 0.240. The molecule has 38 heavy (non-hydrogen) atoms. The molecule has 0 saturated carbocycles. The molecule has 0 amide bonds. The van der Waals surface area contributed by atoms with Crippen LogP contribution in [0.2, 0.25) is 0 Å². The monoisotopic (exact) mass is 488 g/mol. The van der Waals surface area contributed by atoms with E-state index in [0.29, 0.717) is 0 Å². The molecule has 0 atom stereocenters. The van der Waals surface area contributed by atoms with Crippen LogP contribution in [0.1, 0.15) is 0 Å². The first kappa shape index (κ1) is 23.3. The minimum absolute atomic E-state index is 1.04. The Labute approximate surface area is 224 Å². The number of hydrogen-bond donors (Lipinski definition) is 1. The molecule has 0 unspecified atom stereocenters. The van der Waals surface area contributed by atoms with Crippen molar-refractivity contribution >= 4 is 28.4 Å². The second-order valence-corrected chi connectivity index (χ2v) is 9.20. The molecule has 2 heteroatoms. The molecule has 0 aliphatic carbocycles. The molecule has 0 aromatic heterocycles. The van der Waals surface area contributed by atoms with Crippen LogP contribution in [0.15, 0.2) is 164 Å². The summed E-state index contributed by atoms with van der Waals surface area (Å²) in [7, 11) is 0. The van der Waals surface area contributed by atoms with E-state index < -0.39 is 0 Å². The van der Waals surface area contributed by atoms with Crippen LogP contribution in [-0.4, -0.2) is 0 Å². The Balaban J connectivity index is 1.39. The van der Waals surface area contributed by atoms with Crippen molar-refractivity contribution < 1.29 is 0 Å². The van der Waals surface area contributed by atoms with E-state index in [0.717, 1.165) is 28.4 Å². The Morgan fingerprint density at radius 3 is 1.24 bits per heavy atom. The zero-order valence-electron chi connectivity index (χ0n) is 21.0. The van der Waals surface area contributed by atoms with Crippen LogP contribution < -0.4 is 10.2 Å². The van der Waals surface area contributed by atoms with Crippen LogP contribution in [0.5, 0.6) is 0 Å². The normalized spacial score (nSPS) is 10.6. The van der Waals surface area contributed by atoms with E-state index in [9.17, 15) is 0 Å². The number of benzene rings is 6. The highest BCUT2D eigenvalue weighted by Gasteiger charge is 2.14. The molecule has 6 aromatic rings. The summed E-state index contributed by atoms with van der Waals surface area (Å²) in [5.41, 5.74) is 10.2. The minimum Gasteiger partial charge on any atom is -0.355 e. The van der Waals surface area contributed by atoms with Crippen molar-refractivity contribution in [2.75, 3.05) is 10.2 Å². The highest BCUT2D eigenvalue weighted by atomic mass is 15.1. The molecule has 0 radical (unpaired) electrons. The smallest absolute Gasteiger partial charge is 0.0482 e. The van der Waals surface area contributed by atoms with Gasteiger partial charge in [-0.3, -0.25) is 0 Å². The minimum atomic E-state index is 1.04. The SMILES string of the molecule is c1ccc(Nc2cccc(N(c3ccc(-c4ccccc4)cc3)c3ccc(-c4ccccc4)cc3)c2)cc1. The van der Waals surface area contributed by atoms with Gasteiger partial charge >= 0.3 is 0 Å². The lowest BCUT2D eigenvalue weighted by Gasteiger charge is -2.26. The highest BCUT2D eigenvalue weighted by molar-refractivity contribution is 5.81. The van der Waals surface area contributed by atoms with Gasteiger partial charge < -0.3 is 10.2 Å². The van der Waals surface area contributed by atoms with Gasteiger partial charge in [-0.1, -0.05) is 109 Å². The summed E-state index contributed by atoms with van der Waals surface area (Å²) < 4.78 is 0. The zero-order chi connectivity index (χ0) is 25.6. The van der Waals surface area contributed by atoms with Crippen LogP contribution in [0.4, 0.5) is 28.4 Å². The third-order valence-electron chi connectivity index (χ3n) is 6.63. The predicted molar refractivity (Wildman–Crippen MR) is 162 cm³/mol.